The molecule has 0 spiro atoms. The quantitative estimate of drug-likeness (QED) is 0.263. The van der Waals surface area contributed by atoms with Crippen molar-refractivity contribution in [3.8, 4) is 0 Å². The van der Waals surface area contributed by atoms with Crippen LogP contribution >= 0.6 is 11.6 Å². The largest absolute Gasteiger partial charge is 0.381 e. The highest BCUT2D eigenvalue weighted by atomic mass is 35.5. The summed E-state index contributed by atoms with van der Waals surface area (Å²) in [6, 6.07) is 18.5. The molecule has 0 aromatic heterocycles. The van der Waals surface area contributed by atoms with Crippen molar-refractivity contribution in [2.75, 3.05) is 45.5 Å². The Morgan fingerprint density at radius 3 is 2.49 bits per heavy atom. The van der Waals surface area contributed by atoms with Crippen LogP contribution in [0.25, 0.3) is 0 Å². The van der Waals surface area contributed by atoms with Gasteiger partial charge in [-0.15, -0.1) is 0 Å². The molecule has 5 rings (SSSR count). The molecule has 2 saturated heterocycles. The molecular weight excluding hydrogens is 619 g/mol. The van der Waals surface area contributed by atoms with E-state index in [0.29, 0.717) is 44.2 Å². The molecule has 3 unspecified atom stereocenters. The van der Waals surface area contributed by atoms with E-state index in [4.69, 9.17) is 21.1 Å². The van der Waals surface area contributed by atoms with Crippen LogP contribution in [0.3, 0.4) is 0 Å². The van der Waals surface area contributed by atoms with E-state index in [1.165, 1.54) is 16.4 Å². The van der Waals surface area contributed by atoms with Gasteiger partial charge in [-0.1, -0.05) is 48.0 Å². The predicted octanol–water partition coefficient (Wildman–Crippen LogP) is 4.32. The van der Waals surface area contributed by atoms with Crippen LogP contribution in [-0.4, -0.2) is 76.9 Å². The Morgan fingerprint density at radius 1 is 1.09 bits per heavy atom. The molecule has 3 aromatic carbocycles. The van der Waals surface area contributed by atoms with Crippen molar-refractivity contribution in [1.82, 2.24) is 14.9 Å². The number of methoxy groups -OCH3 is 1. The third kappa shape index (κ3) is 7.25. The Balaban J connectivity index is 1.47. The molecule has 1 amide bonds. The maximum absolute atomic E-state index is 15.6. The van der Waals surface area contributed by atoms with E-state index in [0.717, 1.165) is 5.56 Å². The summed E-state index contributed by atoms with van der Waals surface area (Å²) in [6.07, 6.45) is 1.19. The van der Waals surface area contributed by atoms with E-state index in [-0.39, 0.29) is 41.2 Å². The molecule has 3 aromatic rings. The molecule has 2 fully saturated rings. The van der Waals surface area contributed by atoms with Gasteiger partial charge in [0.05, 0.1) is 17.7 Å². The highest BCUT2D eigenvalue weighted by Crippen LogP contribution is 2.39. The lowest BCUT2D eigenvalue weighted by Gasteiger charge is -2.43. The van der Waals surface area contributed by atoms with Gasteiger partial charge in [-0.25, -0.2) is 12.8 Å². The Bertz CT molecular complexity index is 1560. The van der Waals surface area contributed by atoms with E-state index in [1.54, 1.807) is 55.6 Å². The lowest BCUT2D eigenvalue weighted by Crippen LogP contribution is -2.59. The van der Waals surface area contributed by atoms with Crippen molar-refractivity contribution in [2.45, 2.75) is 54.6 Å². The fourth-order valence-corrected chi connectivity index (χ4v) is 8.56. The van der Waals surface area contributed by atoms with E-state index in [9.17, 15) is 13.2 Å². The fraction of sp³-hybridized carbons (Fsp3) is 0.424. The molecule has 0 bridgehead atoms. The van der Waals surface area contributed by atoms with Gasteiger partial charge < -0.3 is 20.1 Å². The maximum Gasteiger partial charge on any atom is 0.243 e. The van der Waals surface area contributed by atoms with Crippen LogP contribution in [0, 0.1) is 5.82 Å². The minimum atomic E-state index is -3.87. The molecule has 2 aliphatic heterocycles. The summed E-state index contributed by atoms with van der Waals surface area (Å²) in [4.78, 5) is 14.4. The highest BCUT2D eigenvalue weighted by molar-refractivity contribution is 7.89. The minimum Gasteiger partial charge on any atom is -0.381 e. The topological polar surface area (TPSA) is 109 Å². The summed E-state index contributed by atoms with van der Waals surface area (Å²) in [5.74, 6) is -0.886. The Labute approximate surface area is 269 Å². The van der Waals surface area contributed by atoms with Gasteiger partial charge in [0, 0.05) is 67.2 Å². The zero-order valence-electron chi connectivity index (χ0n) is 25.5. The predicted molar refractivity (Wildman–Crippen MR) is 172 cm³/mol. The molecule has 3 N–H and O–H groups in total. The van der Waals surface area contributed by atoms with Crippen LogP contribution < -0.4 is 16.0 Å². The second-order valence-electron chi connectivity index (χ2n) is 11.6. The van der Waals surface area contributed by atoms with E-state index < -0.39 is 33.3 Å². The summed E-state index contributed by atoms with van der Waals surface area (Å²) in [5.41, 5.74) is 0.806. The van der Waals surface area contributed by atoms with Gasteiger partial charge >= 0.3 is 0 Å². The number of carbonyl (C=O) groups excluding carboxylic acids is 1. The number of hydrogen-bond acceptors (Lipinski definition) is 7. The number of ether oxygens (including phenoxy) is 2. The van der Waals surface area contributed by atoms with Crippen LogP contribution in [0.15, 0.2) is 77.7 Å². The monoisotopic (exact) mass is 658 g/mol. The molecule has 2 aliphatic rings. The zero-order valence-corrected chi connectivity index (χ0v) is 27.0. The molecule has 242 valence electrons. The summed E-state index contributed by atoms with van der Waals surface area (Å²) in [7, 11) is -2.33. The van der Waals surface area contributed by atoms with E-state index >= 15 is 4.39 Å². The van der Waals surface area contributed by atoms with Crippen LogP contribution in [0.2, 0.25) is 5.02 Å². The van der Waals surface area contributed by atoms with E-state index in [1.807, 2.05) is 19.1 Å². The number of halogens is 2. The lowest BCUT2D eigenvalue weighted by atomic mass is 9.68. The number of benzene rings is 3. The number of amides is 1. The maximum atomic E-state index is 15.6. The number of piperazine rings is 1. The number of sulfonamides is 1. The van der Waals surface area contributed by atoms with Gasteiger partial charge in [-0.3, -0.25) is 10.1 Å². The standard InChI is InChI=1S/C33H40ClFN4O5S/c1-23-20-36-21-26(39(23)45(41,42)27-7-4-3-5-8-27)19-28-29(35)9-6-10-30(28)38-32(40)31(37-22-43-2)33(15-17-44-18-16-33)24-11-13-25(34)14-12-24/h3-14,23,26,31,36-37H,15-22H2,1-2H3,(H,38,40). The van der Waals surface area contributed by atoms with Crippen molar-refractivity contribution in [2.24, 2.45) is 0 Å². The van der Waals surface area contributed by atoms with Gasteiger partial charge in [0.1, 0.15) is 5.82 Å². The van der Waals surface area contributed by atoms with Gasteiger partial charge in [0.25, 0.3) is 0 Å². The minimum absolute atomic E-state index is 0.0536. The Hall–Kier alpha value is -2.90. The third-order valence-electron chi connectivity index (χ3n) is 8.80. The molecular formula is C33H40ClFN4O5S. The molecule has 3 atom stereocenters. The van der Waals surface area contributed by atoms with Gasteiger partial charge in [0.2, 0.25) is 15.9 Å². The van der Waals surface area contributed by atoms with Gasteiger partial charge in [0.15, 0.2) is 0 Å². The third-order valence-corrected chi connectivity index (χ3v) is 11.1. The molecule has 12 heteroatoms. The molecule has 2 heterocycles. The molecule has 0 aliphatic carbocycles. The lowest BCUT2D eigenvalue weighted by molar-refractivity contribution is -0.122. The van der Waals surface area contributed by atoms with Gasteiger partial charge in [-0.2, -0.15) is 4.31 Å². The fourth-order valence-electron chi connectivity index (χ4n) is 6.60. The first-order valence-corrected chi connectivity index (χ1v) is 16.9. The number of hydrogen-bond donors (Lipinski definition) is 3. The average molecular weight is 659 g/mol. The van der Waals surface area contributed by atoms with Crippen LogP contribution in [0.5, 0.6) is 0 Å². The van der Waals surface area contributed by atoms with Crippen molar-refractivity contribution in [3.63, 3.8) is 0 Å². The summed E-state index contributed by atoms with van der Waals surface area (Å²) in [5, 5.41) is 10.1. The Kier molecular flexibility index (Phi) is 10.9. The number of nitrogens with zero attached hydrogens (tertiary/aromatic N) is 1. The Morgan fingerprint density at radius 2 is 1.80 bits per heavy atom. The van der Waals surface area contributed by atoms with Crippen molar-refractivity contribution in [3.05, 3.63) is 94.8 Å². The van der Waals surface area contributed by atoms with Gasteiger partial charge in [-0.05, 0) is 68.1 Å². The van der Waals surface area contributed by atoms with Crippen molar-refractivity contribution < 1.29 is 27.1 Å². The average Bonchev–Trinajstić information content (AvgIpc) is 3.04. The molecule has 0 radical (unpaired) electrons. The molecule has 45 heavy (non-hydrogen) atoms. The summed E-state index contributed by atoms with van der Waals surface area (Å²) < 4.78 is 55.7. The second kappa shape index (κ2) is 14.7. The summed E-state index contributed by atoms with van der Waals surface area (Å²) in [6.45, 7) is 3.67. The smallest absolute Gasteiger partial charge is 0.243 e. The number of nitrogens with one attached hydrogen (secondary N) is 3. The van der Waals surface area contributed by atoms with E-state index in [2.05, 4.69) is 16.0 Å². The van der Waals surface area contributed by atoms with Crippen LogP contribution in [0.4, 0.5) is 10.1 Å². The second-order valence-corrected chi connectivity index (χ2v) is 13.9. The number of rotatable bonds is 11. The normalized spacial score (nSPS) is 21.2. The highest BCUT2D eigenvalue weighted by Gasteiger charge is 2.46. The van der Waals surface area contributed by atoms with Crippen LogP contribution in [-0.2, 0) is 36.1 Å². The molecule has 0 saturated carbocycles. The number of anilines is 1. The first-order valence-electron chi connectivity index (χ1n) is 15.1. The SMILES string of the molecule is COCNC(C(=O)Nc1cccc(F)c1CC1CNCC(C)N1S(=O)(=O)c1ccccc1)C1(c2ccc(Cl)cc2)CCOCC1. The summed E-state index contributed by atoms with van der Waals surface area (Å²) >= 11 is 6.20. The zero-order chi connectivity index (χ0) is 32.0. The first kappa shape index (κ1) is 33.5. The van der Waals surface area contributed by atoms with Crippen LogP contribution in [0.1, 0.15) is 30.9 Å². The first-order chi connectivity index (χ1) is 21.7. The van der Waals surface area contributed by atoms with Crippen molar-refractivity contribution >= 4 is 33.2 Å². The van der Waals surface area contributed by atoms with Crippen molar-refractivity contribution in [1.29, 1.82) is 0 Å². The number of carbonyl (C=O) groups is 1. The molecule has 9 nitrogen and oxygen atoms in total.